The Balaban J connectivity index is 2.68. The van der Waals surface area contributed by atoms with Gasteiger partial charge < -0.3 is 5.11 Å². The molecule has 2 aromatic rings. The number of carbonyl (C=O) groups is 1. The van der Waals surface area contributed by atoms with Crippen molar-refractivity contribution >= 4 is 5.97 Å². The average Bonchev–Trinajstić information content (AvgIpc) is 2.40. The van der Waals surface area contributed by atoms with Crippen molar-refractivity contribution in [2.24, 2.45) is 5.92 Å². The molecule has 1 N–H and O–H groups in total. The summed E-state index contributed by atoms with van der Waals surface area (Å²) < 4.78 is 27.8. The highest BCUT2D eigenvalue weighted by Crippen LogP contribution is 2.21. The van der Waals surface area contributed by atoms with Gasteiger partial charge in [-0.1, -0.05) is 13.8 Å². The zero-order chi connectivity index (χ0) is 16.4. The summed E-state index contributed by atoms with van der Waals surface area (Å²) in [5, 5.41) is 13.1. The van der Waals surface area contributed by atoms with E-state index in [1.807, 2.05) is 13.8 Å². The molecule has 22 heavy (non-hydrogen) atoms. The van der Waals surface area contributed by atoms with Crippen molar-refractivity contribution in [2.75, 3.05) is 0 Å². The molecule has 0 amide bonds. The summed E-state index contributed by atoms with van der Waals surface area (Å²) in [4.78, 5) is 23.2. The molecule has 0 saturated heterocycles. The normalized spacial score (nSPS) is 11.0. The first-order valence-electron chi connectivity index (χ1n) is 6.60. The van der Waals surface area contributed by atoms with E-state index in [1.165, 1.54) is 0 Å². The number of carboxylic acid groups (broad SMARTS) is 1. The number of hydrogen-bond acceptors (Lipinski definition) is 3. The van der Waals surface area contributed by atoms with Gasteiger partial charge in [0.1, 0.15) is 17.2 Å². The van der Waals surface area contributed by atoms with Crippen LogP contribution >= 0.6 is 0 Å². The molecule has 7 heteroatoms. The molecule has 1 aromatic carbocycles. The lowest BCUT2D eigenvalue weighted by Crippen LogP contribution is -2.30. The van der Waals surface area contributed by atoms with Gasteiger partial charge >= 0.3 is 5.97 Å². The quantitative estimate of drug-likeness (QED) is 0.942. The molecule has 0 bridgehead atoms. The minimum Gasteiger partial charge on any atom is -0.477 e. The second-order valence-corrected chi connectivity index (χ2v) is 5.25. The first-order chi connectivity index (χ1) is 10.3. The largest absolute Gasteiger partial charge is 0.477 e. The highest BCUT2D eigenvalue weighted by atomic mass is 19.1. The minimum atomic E-state index is -1.42. The lowest BCUT2D eigenvalue weighted by atomic mass is 10.1. The van der Waals surface area contributed by atoms with Crippen LogP contribution in [-0.4, -0.2) is 20.9 Å². The van der Waals surface area contributed by atoms with E-state index in [2.05, 4.69) is 5.10 Å². The molecule has 1 heterocycles. The topological polar surface area (TPSA) is 72.2 Å². The Labute approximate surface area is 124 Å². The van der Waals surface area contributed by atoms with Crippen LogP contribution in [0.25, 0.3) is 11.3 Å². The minimum absolute atomic E-state index is 0.0323. The predicted molar refractivity (Wildman–Crippen MR) is 75.6 cm³/mol. The number of benzene rings is 1. The molecular weight excluding hydrogens is 294 g/mol. The Hall–Kier alpha value is -2.57. The molecule has 0 aliphatic heterocycles. The standard InChI is InChI=1S/C15H14F2N2O3/c1-8(2)7-19-14(20)11(15(21)22)6-13(18-19)10-4-3-9(16)5-12(10)17/h3-6,8H,7H2,1-2H3,(H,21,22). The van der Waals surface area contributed by atoms with Crippen molar-refractivity contribution < 1.29 is 18.7 Å². The van der Waals surface area contributed by atoms with E-state index in [1.54, 1.807) is 0 Å². The van der Waals surface area contributed by atoms with E-state index in [-0.39, 0.29) is 23.7 Å². The van der Waals surface area contributed by atoms with E-state index in [9.17, 15) is 18.4 Å². The fourth-order valence-electron chi connectivity index (χ4n) is 1.99. The Morgan fingerprint density at radius 3 is 2.55 bits per heavy atom. The Kier molecular flexibility index (Phi) is 4.35. The van der Waals surface area contributed by atoms with Gasteiger partial charge in [-0.3, -0.25) is 4.79 Å². The van der Waals surface area contributed by atoms with Crippen LogP contribution in [-0.2, 0) is 6.54 Å². The number of carboxylic acids is 1. The Bertz CT molecular complexity index is 785. The van der Waals surface area contributed by atoms with Gasteiger partial charge in [0, 0.05) is 18.2 Å². The van der Waals surface area contributed by atoms with E-state index < -0.39 is 28.7 Å². The van der Waals surface area contributed by atoms with Crippen LogP contribution in [0.3, 0.4) is 0 Å². The van der Waals surface area contributed by atoms with Gasteiger partial charge in [0.15, 0.2) is 0 Å². The number of nitrogens with zero attached hydrogens (tertiary/aromatic N) is 2. The van der Waals surface area contributed by atoms with Crippen molar-refractivity contribution in [3.63, 3.8) is 0 Å². The van der Waals surface area contributed by atoms with Gasteiger partial charge in [-0.05, 0) is 24.1 Å². The summed E-state index contributed by atoms with van der Waals surface area (Å²) in [5.41, 5.74) is -1.36. The lowest BCUT2D eigenvalue weighted by molar-refractivity contribution is 0.0693. The van der Waals surface area contributed by atoms with Gasteiger partial charge in [0.2, 0.25) is 0 Å². The summed E-state index contributed by atoms with van der Waals surface area (Å²) in [7, 11) is 0. The summed E-state index contributed by atoms with van der Waals surface area (Å²) in [6, 6.07) is 3.87. The van der Waals surface area contributed by atoms with Gasteiger partial charge in [-0.25, -0.2) is 18.3 Å². The molecule has 5 nitrogen and oxygen atoms in total. The third-order valence-electron chi connectivity index (χ3n) is 2.95. The Morgan fingerprint density at radius 2 is 2.00 bits per heavy atom. The van der Waals surface area contributed by atoms with Crippen LogP contribution in [0.5, 0.6) is 0 Å². The van der Waals surface area contributed by atoms with Crippen molar-refractivity contribution in [1.82, 2.24) is 9.78 Å². The second-order valence-electron chi connectivity index (χ2n) is 5.25. The maximum Gasteiger partial charge on any atom is 0.341 e. The molecule has 0 aliphatic carbocycles. The molecule has 0 radical (unpaired) electrons. The monoisotopic (exact) mass is 308 g/mol. The summed E-state index contributed by atoms with van der Waals surface area (Å²) in [5.74, 6) is -3.01. The fourth-order valence-corrected chi connectivity index (χ4v) is 1.99. The molecule has 0 spiro atoms. The van der Waals surface area contributed by atoms with Gasteiger partial charge in [-0.2, -0.15) is 5.10 Å². The Morgan fingerprint density at radius 1 is 1.32 bits per heavy atom. The van der Waals surface area contributed by atoms with E-state index in [4.69, 9.17) is 5.11 Å². The zero-order valence-electron chi connectivity index (χ0n) is 12.0. The first kappa shape index (κ1) is 15.8. The van der Waals surface area contributed by atoms with Gasteiger partial charge in [-0.15, -0.1) is 0 Å². The summed E-state index contributed by atoms with van der Waals surface area (Å²) in [6.45, 7) is 3.86. The van der Waals surface area contributed by atoms with Crippen LogP contribution in [0, 0.1) is 17.6 Å². The number of rotatable bonds is 4. The average molecular weight is 308 g/mol. The summed E-state index contributed by atoms with van der Waals surface area (Å²) in [6.07, 6.45) is 0. The van der Waals surface area contributed by atoms with E-state index in [0.29, 0.717) is 6.07 Å². The molecule has 0 atom stereocenters. The van der Waals surface area contributed by atoms with Crippen LogP contribution in [0.4, 0.5) is 8.78 Å². The molecule has 0 fully saturated rings. The number of aromatic carboxylic acids is 1. The predicted octanol–water partition coefficient (Wildman–Crippen LogP) is 2.54. The maximum atomic E-state index is 13.8. The molecule has 2 rings (SSSR count). The first-order valence-corrected chi connectivity index (χ1v) is 6.60. The lowest BCUT2D eigenvalue weighted by Gasteiger charge is -2.11. The van der Waals surface area contributed by atoms with Crippen molar-refractivity contribution in [3.05, 3.63) is 51.8 Å². The third kappa shape index (κ3) is 3.19. The third-order valence-corrected chi connectivity index (χ3v) is 2.95. The van der Waals surface area contributed by atoms with E-state index in [0.717, 1.165) is 22.9 Å². The van der Waals surface area contributed by atoms with Gasteiger partial charge in [0.05, 0.1) is 5.69 Å². The van der Waals surface area contributed by atoms with E-state index >= 15 is 0 Å². The summed E-state index contributed by atoms with van der Waals surface area (Å²) >= 11 is 0. The molecule has 0 unspecified atom stereocenters. The van der Waals surface area contributed by atoms with Crippen LogP contribution in [0.1, 0.15) is 24.2 Å². The van der Waals surface area contributed by atoms with Crippen molar-refractivity contribution in [1.29, 1.82) is 0 Å². The smallest absolute Gasteiger partial charge is 0.341 e. The molecular formula is C15H14F2N2O3. The van der Waals surface area contributed by atoms with Crippen LogP contribution in [0.2, 0.25) is 0 Å². The van der Waals surface area contributed by atoms with Crippen molar-refractivity contribution in [3.8, 4) is 11.3 Å². The zero-order valence-corrected chi connectivity index (χ0v) is 12.0. The maximum absolute atomic E-state index is 13.8. The molecule has 116 valence electrons. The second kappa shape index (κ2) is 6.05. The molecule has 1 aromatic heterocycles. The SMILES string of the molecule is CC(C)Cn1nc(-c2ccc(F)cc2F)cc(C(=O)O)c1=O. The fraction of sp³-hybridized carbons (Fsp3) is 0.267. The van der Waals surface area contributed by atoms with Crippen LogP contribution < -0.4 is 5.56 Å². The number of hydrogen-bond donors (Lipinski definition) is 1. The van der Waals surface area contributed by atoms with Crippen LogP contribution in [0.15, 0.2) is 29.1 Å². The highest BCUT2D eigenvalue weighted by Gasteiger charge is 2.18. The number of aromatic nitrogens is 2. The molecule has 0 aliphatic rings. The highest BCUT2D eigenvalue weighted by molar-refractivity contribution is 5.88. The number of halogens is 2. The van der Waals surface area contributed by atoms with Crippen molar-refractivity contribution in [2.45, 2.75) is 20.4 Å². The molecule has 0 saturated carbocycles. The van der Waals surface area contributed by atoms with Gasteiger partial charge in [0.25, 0.3) is 5.56 Å².